The number of ether oxygens (including phenoxy) is 2. The minimum absolute atomic E-state index is 0.0910. The van der Waals surface area contributed by atoms with Crippen LogP contribution in [-0.2, 0) is 0 Å². The summed E-state index contributed by atoms with van der Waals surface area (Å²) in [6.45, 7) is 2.15. The lowest BCUT2D eigenvalue weighted by atomic mass is 10.1. The molecule has 1 aliphatic rings. The summed E-state index contributed by atoms with van der Waals surface area (Å²) in [4.78, 5) is 9.37. The maximum absolute atomic E-state index is 5.37. The molecule has 1 fully saturated rings. The highest BCUT2D eigenvalue weighted by Crippen LogP contribution is 2.40. The highest BCUT2D eigenvalue weighted by molar-refractivity contribution is 5.92. The summed E-state index contributed by atoms with van der Waals surface area (Å²) in [6, 6.07) is 19.2. The molecule has 1 saturated carbocycles. The molecule has 0 aliphatic heterocycles. The Bertz CT molecular complexity index is 1230. The normalized spacial score (nSPS) is 15.0. The van der Waals surface area contributed by atoms with Crippen molar-refractivity contribution >= 4 is 16.9 Å². The molecule has 2 aromatic heterocycles. The molecule has 0 radical (unpaired) electrons. The van der Waals surface area contributed by atoms with E-state index in [-0.39, 0.29) is 6.04 Å². The molecule has 6 nitrogen and oxygen atoms in total. The molecule has 0 saturated heterocycles. The van der Waals surface area contributed by atoms with Gasteiger partial charge in [0.2, 0.25) is 0 Å². The Kier molecular flexibility index (Phi) is 5.90. The lowest BCUT2D eigenvalue weighted by Gasteiger charge is -2.18. The standard InChI is InChI=1S/C27H30N4O2/c1-18(19-8-12-22(32-2)13-9-19)30-26-24-16-25(20-10-14-23(33-3)15-11-20)31(21-6-4-5-7-21)27(24)29-17-28-26/h8-18,21H,4-7H2,1-3H3,(H,28,29,30)/t18-/m1/s1. The van der Waals surface area contributed by atoms with Crippen LogP contribution in [0, 0.1) is 0 Å². The molecule has 0 spiro atoms. The Balaban J connectivity index is 1.56. The third kappa shape index (κ3) is 4.13. The van der Waals surface area contributed by atoms with Gasteiger partial charge in [0.1, 0.15) is 29.3 Å². The van der Waals surface area contributed by atoms with E-state index in [0.29, 0.717) is 6.04 Å². The molecule has 1 aliphatic carbocycles. The van der Waals surface area contributed by atoms with Crippen molar-refractivity contribution < 1.29 is 9.47 Å². The molecular formula is C27H30N4O2. The van der Waals surface area contributed by atoms with Crippen LogP contribution in [0.1, 0.15) is 50.3 Å². The van der Waals surface area contributed by atoms with Crippen molar-refractivity contribution in [3.05, 3.63) is 66.5 Å². The number of benzene rings is 2. The first-order valence-electron chi connectivity index (χ1n) is 11.6. The van der Waals surface area contributed by atoms with Crippen LogP contribution in [0.3, 0.4) is 0 Å². The second-order valence-corrected chi connectivity index (χ2v) is 8.67. The molecule has 4 aromatic rings. The van der Waals surface area contributed by atoms with Crippen molar-refractivity contribution in [3.63, 3.8) is 0 Å². The van der Waals surface area contributed by atoms with Gasteiger partial charge < -0.3 is 19.4 Å². The fourth-order valence-corrected chi connectivity index (χ4v) is 4.84. The first-order chi connectivity index (χ1) is 16.2. The van der Waals surface area contributed by atoms with Crippen molar-refractivity contribution in [3.8, 4) is 22.8 Å². The molecule has 5 rings (SSSR count). The van der Waals surface area contributed by atoms with Gasteiger partial charge in [-0.3, -0.25) is 0 Å². The van der Waals surface area contributed by atoms with Gasteiger partial charge in [-0.2, -0.15) is 0 Å². The molecule has 2 aromatic carbocycles. The van der Waals surface area contributed by atoms with Gasteiger partial charge in [0, 0.05) is 12.1 Å². The number of hydrogen-bond acceptors (Lipinski definition) is 5. The van der Waals surface area contributed by atoms with Crippen molar-refractivity contribution in [2.75, 3.05) is 19.5 Å². The molecule has 170 valence electrons. The Morgan fingerprint density at radius 2 is 1.55 bits per heavy atom. The van der Waals surface area contributed by atoms with Gasteiger partial charge >= 0.3 is 0 Å². The molecule has 33 heavy (non-hydrogen) atoms. The largest absolute Gasteiger partial charge is 0.497 e. The number of fused-ring (bicyclic) bond motifs is 1. The molecule has 2 heterocycles. The summed E-state index contributed by atoms with van der Waals surface area (Å²) in [5, 5.41) is 4.67. The lowest BCUT2D eigenvalue weighted by molar-refractivity contribution is 0.414. The van der Waals surface area contributed by atoms with Crippen LogP contribution in [0.4, 0.5) is 5.82 Å². The maximum atomic E-state index is 5.37. The number of nitrogens with one attached hydrogen (secondary N) is 1. The summed E-state index contributed by atoms with van der Waals surface area (Å²) in [6.07, 6.45) is 6.56. The third-order valence-electron chi connectivity index (χ3n) is 6.68. The summed E-state index contributed by atoms with van der Waals surface area (Å²) in [5.41, 5.74) is 4.51. The first-order valence-corrected chi connectivity index (χ1v) is 11.6. The average Bonchev–Trinajstić information content (AvgIpc) is 3.52. The van der Waals surface area contributed by atoms with E-state index in [1.807, 2.05) is 24.3 Å². The number of hydrogen-bond donors (Lipinski definition) is 1. The van der Waals surface area contributed by atoms with Gasteiger partial charge in [-0.05, 0) is 73.4 Å². The fraction of sp³-hybridized carbons (Fsp3) is 0.333. The van der Waals surface area contributed by atoms with Crippen molar-refractivity contribution in [1.82, 2.24) is 14.5 Å². The zero-order valence-electron chi connectivity index (χ0n) is 19.4. The summed E-state index contributed by atoms with van der Waals surface area (Å²) >= 11 is 0. The SMILES string of the molecule is COc1ccc(-c2cc3c(N[C@H](C)c4ccc(OC)cc4)ncnc3n2C2CCCC2)cc1. The highest BCUT2D eigenvalue weighted by atomic mass is 16.5. The number of anilines is 1. The van der Waals surface area contributed by atoms with Crippen LogP contribution in [0.25, 0.3) is 22.3 Å². The Hall–Kier alpha value is -3.54. The van der Waals surface area contributed by atoms with Crippen molar-refractivity contribution in [1.29, 1.82) is 0 Å². The van der Waals surface area contributed by atoms with Crippen LogP contribution in [-0.4, -0.2) is 28.8 Å². The van der Waals surface area contributed by atoms with E-state index in [1.165, 1.54) is 36.9 Å². The van der Waals surface area contributed by atoms with Crippen LogP contribution in [0.15, 0.2) is 60.9 Å². The zero-order chi connectivity index (χ0) is 22.8. The Morgan fingerprint density at radius 1 is 0.909 bits per heavy atom. The van der Waals surface area contributed by atoms with Gasteiger partial charge in [-0.15, -0.1) is 0 Å². The summed E-state index contributed by atoms with van der Waals surface area (Å²) in [7, 11) is 3.38. The molecule has 1 atom stereocenters. The van der Waals surface area contributed by atoms with Gasteiger partial charge in [0.05, 0.1) is 25.3 Å². The molecule has 0 amide bonds. The van der Waals surface area contributed by atoms with Crippen LogP contribution in [0.2, 0.25) is 0 Å². The van der Waals surface area contributed by atoms with Crippen molar-refractivity contribution in [2.24, 2.45) is 0 Å². The predicted molar refractivity (Wildman–Crippen MR) is 132 cm³/mol. The molecular weight excluding hydrogens is 412 g/mol. The van der Waals surface area contributed by atoms with E-state index in [2.05, 4.69) is 52.1 Å². The monoisotopic (exact) mass is 442 g/mol. The Morgan fingerprint density at radius 3 is 2.18 bits per heavy atom. The zero-order valence-corrected chi connectivity index (χ0v) is 19.4. The quantitative estimate of drug-likeness (QED) is 0.359. The molecule has 0 bridgehead atoms. The minimum atomic E-state index is 0.0910. The van der Waals surface area contributed by atoms with Crippen LogP contribution >= 0.6 is 0 Å². The number of aromatic nitrogens is 3. The van der Waals surface area contributed by atoms with Crippen LogP contribution in [0.5, 0.6) is 11.5 Å². The van der Waals surface area contributed by atoms with Crippen molar-refractivity contribution in [2.45, 2.75) is 44.7 Å². The van der Waals surface area contributed by atoms with E-state index in [9.17, 15) is 0 Å². The van der Waals surface area contributed by atoms with Crippen LogP contribution < -0.4 is 14.8 Å². The topological polar surface area (TPSA) is 61.2 Å². The van der Waals surface area contributed by atoms with E-state index >= 15 is 0 Å². The molecule has 1 N–H and O–H groups in total. The number of nitrogens with zero attached hydrogens (tertiary/aromatic N) is 3. The average molecular weight is 443 g/mol. The van der Waals surface area contributed by atoms with E-state index < -0.39 is 0 Å². The fourth-order valence-electron chi connectivity index (χ4n) is 4.84. The molecule has 0 unspecified atom stereocenters. The maximum Gasteiger partial charge on any atom is 0.146 e. The molecule has 6 heteroatoms. The Labute approximate surface area is 194 Å². The lowest BCUT2D eigenvalue weighted by Crippen LogP contribution is -2.10. The second kappa shape index (κ2) is 9.14. The number of methoxy groups -OCH3 is 2. The smallest absolute Gasteiger partial charge is 0.146 e. The van der Waals surface area contributed by atoms with Gasteiger partial charge in [0.25, 0.3) is 0 Å². The minimum Gasteiger partial charge on any atom is -0.497 e. The van der Waals surface area contributed by atoms with E-state index in [1.54, 1.807) is 20.5 Å². The number of rotatable bonds is 7. The van der Waals surface area contributed by atoms with E-state index in [4.69, 9.17) is 14.5 Å². The predicted octanol–water partition coefficient (Wildman–Crippen LogP) is 6.40. The second-order valence-electron chi connectivity index (χ2n) is 8.67. The highest BCUT2D eigenvalue weighted by Gasteiger charge is 2.24. The van der Waals surface area contributed by atoms with E-state index in [0.717, 1.165) is 33.9 Å². The summed E-state index contributed by atoms with van der Waals surface area (Å²) < 4.78 is 13.1. The first kappa shape index (κ1) is 21.3. The van der Waals surface area contributed by atoms with Gasteiger partial charge in [-0.25, -0.2) is 9.97 Å². The summed E-state index contributed by atoms with van der Waals surface area (Å²) in [5.74, 6) is 2.57. The van der Waals surface area contributed by atoms with Gasteiger partial charge in [0.15, 0.2) is 0 Å². The third-order valence-corrected chi connectivity index (χ3v) is 6.68. The van der Waals surface area contributed by atoms with Gasteiger partial charge in [-0.1, -0.05) is 25.0 Å².